The Labute approximate surface area is 205 Å². The Balaban J connectivity index is 1.83. The SMILES string of the molecule is CC(C)(CC#N)c1c([C@H]2CC[C@](O)(C(=O)O)CC2)c2nc3[nH]ncc3cc2n1-c1ccc(F)c(F)c1. The van der Waals surface area contributed by atoms with Gasteiger partial charge in [0.25, 0.3) is 0 Å². The van der Waals surface area contributed by atoms with Gasteiger partial charge in [-0.15, -0.1) is 0 Å². The number of carboxylic acid groups (broad SMARTS) is 1. The number of nitrogens with zero attached hydrogens (tertiary/aromatic N) is 4. The van der Waals surface area contributed by atoms with Crippen molar-refractivity contribution in [2.75, 3.05) is 0 Å². The van der Waals surface area contributed by atoms with E-state index in [1.165, 1.54) is 6.07 Å². The number of aromatic nitrogens is 4. The molecule has 1 fully saturated rings. The van der Waals surface area contributed by atoms with Crippen LogP contribution in [0.1, 0.15) is 63.1 Å². The van der Waals surface area contributed by atoms with E-state index < -0.39 is 28.6 Å². The molecule has 3 heterocycles. The number of carboxylic acids is 1. The Morgan fingerprint density at radius 2 is 2.00 bits per heavy atom. The molecule has 0 saturated heterocycles. The zero-order chi connectivity index (χ0) is 25.8. The number of fused-ring (bicyclic) bond motifs is 2. The van der Waals surface area contributed by atoms with Crippen LogP contribution in [0, 0.1) is 23.0 Å². The molecule has 3 N–H and O–H groups in total. The van der Waals surface area contributed by atoms with E-state index >= 15 is 0 Å². The third-order valence-electron chi connectivity index (χ3n) is 7.32. The van der Waals surface area contributed by atoms with E-state index in [-0.39, 0.29) is 25.2 Å². The molecule has 4 aromatic rings. The number of H-pyrrole nitrogens is 1. The number of pyridine rings is 1. The number of nitrogens with one attached hydrogen (secondary N) is 1. The van der Waals surface area contributed by atoms with Crippen molar-refractivity contribution in [1.82, 2.24) is 19.7 Å². The van der Waals surface area contributed by atoms with Gasteiger partial charge in [0.2, 0.25) is 0 Å². The molecule has 186 valence electrons. The normalized spacial score (nSPS) is 20.6. The van der Waals surface area contributed by atoms with Crippen LogP contribution in [0.4, 0.5) is 8.78 Å². The summed E-state index contributed by atoms with van der Waals surface area (Å²) in [4.78, 5) is 16.5. The van der Waals surface area contributed by atoms with Crippen molar-refractivity contribution in [3.63, 3.8) is 0 Å². The first kappa shape index (κ1) is 23.9. The van der Waals surface area contributed by atoms with Gasteiger partial charge in [0.1, 0.15) is 0 Å². The topological polar surface area (TPSA) is 128 Å². The zero-order valence-electron chi connectivity index (χ0n) is 19.8. The van der Waals surface area contributed by atoms with Crippen molar-refractivity contribution in [2.45, 2.75) is 62.9 Å². The molecule has 1 aliphatic rings. The number of carbonyl (C=O) groups is 1. The molecule has 1 aromatic carbocycles. The second kappa shape index (κ2) is 8.38. The number of aromatic amines is 1. The molecule has 5 rings (SSSR count). The number of nitriles is 1. The van der Waals surface area contributed by atoms with E-state index in [9.17, 15) is 29.1 Å². The first-order chi connectivity index (χ1) is 17.1. The van der Waals surface area contributed by atoms with Crippen LogP contribution in [-0.2, 0) is 10.2 Å². The van der Waals surface area contributed by atoms with E-state index in [1.54, 1.807) is 6.20 Å². The summed E-state index contributed by atoms with van der Waals surface area (Å²) in [6.45, 7) is 3.82. The summed E-state index contributed by atoms with van der Waals surface area (Å²) in [5.41, 5.74) is 1.22. The largest absolute Gasteiger partial charge is 0.479 e. The molecule has 0 aliphatic heterocycles. The fraction of sp³-hybridized carbons (Fsp3) is 0.385. The summed E-state index contributed by atoms with van der Waals surface area (Å²) >= 11 is 0. The Kier molecular flexibility index (Phi) is 5.56. The van der Waals surface area contributed by atoms with Crippen LogP contribution in [0.2, 0.25) is 0 Å². The monoisotopic (exact) mass is 493 g/mol. The van der Waals surface area contributed by atoms with Crippen LogP contribution in [0.3, 0.4) is 0 Å². The predicted molar refractivity (Wildman–Crippen MR) is 128 cm³/mol. The Bertz CT molecular complexity index is 1540. The van der Waals surface area contributed by atoms with Gasteiger partial charge in [-0.05, 0) is 49.8 Å². The van der Waals surface area contributed by atoms with Crippen LogP contribution in [-0.4, -0.2) is 41.5 Å². The van der Waals surface area contributed by atoms with E-state index in [1.807, 2.05) is 24.5 Å². The Hall–Kier alpha value is -3.84. The number of benzene rings is 1. The first-order valence-corrected chi connectivity index (χ1v) is 11.7. The maximum Gasteiger partial charge on any atom is 0.335 e. The van der Waals surface area contributed by atoms with Gasteiger partial charge in [0.05, 0.1) is 23.3 Å². The van der Waals surface area contributed by atoms with Gasteiger partial charge in [-0.3, -0.25) is 5.10 Å². The third kappa shape index (κ3) is 3.71. The number of hydrogen-bond donors (Lipinski definition) is 3. The van der Waals surface area contributed by atoms with Crippen molar-refractivity contribution in [1.29, 1.82) is 5.26 Å². The number of rotatable bonds is 5. The Morgan fingerprint density at radius 1 is 1.28 bits per heavy atom. The fourth-order valence-electron chi connectivity index (χ4n) is 5.42. The molecule has 0 bridgehead atoms. The first-order valence-electron chi connectivity index (χ1n) is 11.7. The van der Waals surface area contributed by atoms with Crippen LogP contribution in [0.15, 0.2) is 30.5 Å². The van der Waals surface area contributed by atoms with Crippen molar-refractivity contribution < 1.29 is 23.8 Å². The lowest BCUT2D eigenvalue weighted by Gasteiger charge is -2.35. The second-order valence-corrected chi connectivity index (χ2v) is 10.2. The minimum atomic E-state index is -1.79. The molecular weight excluding hydrogens is 468 g/mol. The van der Waals surface area contributed by atoms with Crippen molar-refractivity contribution in [2.24, 2.45) is 0 Å². The van der Waals surface area contributed by atoms with Gasteiger partial charge in [0, 0.05) is 40.2 Å². The quantitative estimate of drug-likeness (QED) is 0.365. The van der Waals surface area contributed by atoms with Crippen LogP contribution in [0.5, 0.6) is 0 Å². The Morgan fingerprint density at radius 3 is 2.64 bits per heavy atom. The number of halogens is 2. The van der Waals surface area contributed by atoms with Crippen LogP contribution >= 0.6 is 0 Å². The highest BCUT2D eigenvalue weighted by molar-refractivity contribution is 5.94. The van der Waals surface area contributed by atoms with E-state index in [2.05, 4.69) is 16.3 Å². The van der Waals surface area contributed by atoms with Crippen molar-refractivity contribution in [3.8, 4) is 11.8 Å². The second-order valence-electron chi connectivity index (χ2n) is 10.2. The van der Waals surface area contributed by atoms with Gasteiger partial charge < -0.3 is 14.8 Å². The third-order valence-corrected chi connectivity index (χ3v) is 7.32. The highest BCUT2D eigenvalue weighted by Crippen LogP contribution is 2.47. The van der Waals surface area contributed by atoms with Crippen LogP contribution in [0.25, 0.3) is 27.8 Å². The number of hydrogen-bond acceptors (Lipinski definition) is 5. The molecule has 3 aromatic heterocycles. The predicted octanol–water partition coefficient (Wildman–Crippen LogP) is 4.84. The standard InChI is InChI=1S/C26H25F2N5O3/c1-25(2,9-10-29)22-20(14-5-7-26(36,8-6-14)24(34)35)21-19(11-15-13-30-32-23(15)31-21)33(22)16-3-4-17(27)18(28)12-16/h3-4,11-14,36H,5-9H2,1-2H3,(H,34,35)(H,30,31,32)/t14-,26+. The molecule has 0 spiro atoms. The molecule has 0 radical (unpaired) electrons. The average molecular weight is 494 g/mol. The lowest BCUT2D eigenvalue weighted by molar-refractivity contribution is -0.162. The zero-order valence-corrected chi connectivity index (χ0v) is 19.8. The maximum atomic E-state index is 14.4. The van der Waals surface area contributed by atoms with Gasteiger partial charge in [-0.25, -0.2) is 18.6 Å². The van der Waals surface area contributed by atoms with Crippen molar-refractivity contribution >= 4 is 28.0 Å². The molecule has 10 heteroatoms. The molecule has 0 atom stereocenters. The summed E-state index contributed by atoms with van der Waals surface area (Å²) in [6.07, 6.45) is 2.67. The van der Waals surface area contributed by atoms with Crippen LogP contribution < -0.4 is 0 Å². The van der Waals surface area contributed by atoms with Crippen molar-refractivity contribution in [3.05, 3.63) is 53.4 Å². The molecule has 36 heavy (non-hydrogen) atoms. The molecular formula is C26H25F2N5O3. The number of aliphatic hydroxyl groups is 1. The summed E-state index contributed by atoms with van der Waals surface area (Å²) < 4.78 is 30.1. The summed E-state index contributed by atoms with van der Waals surface area (Å²) in [7, 11) is 0. The highest BCUT2D eigenvalue weighted by atomic mass is 19.2. The average Bonchev–Trinajstić information content (AvgIpc) is 3.42. The van der Waals surface area contributed by atoms with Gasteiger partial charge >= 0.3 is 5.97 Å². The summed E-state index contributed by atoms with van der Waals surface area (Å²) in [5.74, 6) is -3.38. The molecule has 8 nitrogen and oxygen atoms in total. The molecule has 0 unspecified atom stereocenters. The molecule has 1 saturated carbocycles. The van der Waals surface area contributed by atoms with E-state index in [0.29, 0.717) is 35.2 Å². The van der Waals surface area contributed by atoms with Gasteiger partial charge in [0.15, 0.2) is 22.9 Å². The number of aliphatic carboxylic acids is 1. The van der Waals surface area contributed by atoms with E-state index in [4.69, 9.17) is 4.98 Å². The smallest absolute Gasteiger partial charge is 0.335 e. The minimum absolute atomic E-state index is 0.0648. The lowest BCUT2D eigenvalue weighted by Crippen LogP contribution is -2.41. The molecule has 0 amide bonds. The highest BCUT2D eigenvalue weighted by Gasteiger charge is 2.43. The van der Waals surface area contributed by atoms with Gasteiger partial charge in [-0.1, -0.05) is 13.8 Å². The van der Waals surface area contributed by atoms with Gasteiger partial charge in [-0.2, -0.15) is 10.4 Å². The minimum Gasteiger partial charge on any atom is -0.479 e. The fourth-order valence-corrected chi connectivity index (χ4v) is 5.42. The summed E-state index contributed by atoms with van der Waals surface area (Å²) in [5, 5.41) is 37.3. The lowest BCUT2D eigenvalue weighted by atomic mass is 9.73. The van der Waals surface area contributed by atoms with E-state index in [0.717, 1.165) is 28.8 Å². The molecule has 1 aliphatic carbocycles. The maximum absolute atomic E-state index is 14.4. The summed E-state index contributed by atoms with van der Waals surface area (Å²) in [6, 6.07) is 7.77.